The minimum absolute atomic E-state index is 0.437. The maximum atomic E-state index is 13.7. The lowest BCUT2D eigenvalue weighted by Crippen LogP contribution is -2.50. The van der Waals surface area contributed by atoms with E-state index >= 15 is 0 Å². The van der Waals surface area contributed by atoms with Crippen LogP contribution in [0.25, 0.3) is 0 Å². The Morgan fingerprint density at radius 2 is 1.75 bits per heavy atom. The third-order valence-corrected chi connectivity index (χ3v) is 4.76. The van der Waals surface area contributed by atoms with Gasteiger partial charge in [-0.3, -0.25) is 0 Å². The van der Waals surface area contributed by atoms with Crippen LogP contribution in [0.15, 0.2) is 0 Å². The van der Waals surface area contributed by atoms with Gasteiger partial charge in [0.15, 0.2) is 0 Å². The van der Waals surface area contributed by atoms with Crippen LogP contribution in [-0.2, 0) is 0 Å². The first kappa shape index (κ1) is 7.34. The molecule has 4 bridgehead atoms. The minimum Gasteiger partial charge on any atom is -0.247 e. The van der Waals surface area contributed by atoms with Crippen LogP contribution in [0.1, 0.15) is 32.6 Å². The zero-order chi connectivity index (χ0) is 8.29. The largest absolute Gasteiger partial charge is 0.247 e. The summed E-state index contributed by atoms with van der Waals surface area (Å²) in [7, 11) is 0. The Bertz CT molecular complexity index is 183. The molecular weight excluding hydrogens is 151 g/mol. The van der Waals surface area contributed by atoms with Crippen molar-refractivity contribution < 1.29 is 4.39 Å². The van der Waals surface area contributed by atoms with Gasteiger partial charge in [0.25, 0.3) is 0 Å². The average Bonchev–Trinajstić information content (AvgIpc) is 2.07. The Kier molecular flexibility index (Phi) is 1.37. The van der Waals surface area contributed by atoms with Crippen molar-refractivity contribution in [2.45, 2.75) is 38.8 Å². The number of halogens is 1. The fourth-order valence-corrected chi connectivity index (χ4v) is 4.13. The molecule has 4 rings (SSSR count). The average molecular weight is 168 g/mol. The Balaban J connectivity index is 1.93. The van der Waals surface area contributed by atoms with Gasteiger partial charge in [-0.2, -0.15) is 0 Å². The molecule has 4 aliphatic rings. The Hall–Kier alpha value is -0.0700. The van der Waals surface area contributed by atoms with E-state index in [4.69, 9.17) is 0 Å². The van der Waals surface area contributed by atoms with Gasteiger partial charge in [0.2, 0.25) is 0 Å². The molecule has 6 atom stereocenters. The highest BCUT2D eigenvalue weighted by Gasteiger charge is 2.52. The summed E-state index contributed by atoms with van der Waals surface area (Å²) in [5, 5.41) is 0. The molecule has 4 aliphatic carbocycles. The van der Waals surface area contributed by atoms with Gasteiger partial charge >= 0.3 is 0 Å². The SMILES string of the molecule is C[C@H]1C2CC3CC(C2)[C@@H](F)C1C3. The number of hydrogen-bond donors (Lipinski definition) is 0. The lowest BCUT2D eigenvalue weighted by molar-refractivity contribution is -0.0900. The van der Waals surface area contributed by atoms with E-state index in [9.17, 15) is 4.39 Å². The summed E-state index contributed by atoms with van der Waals surface area (Å²) in [5.74, 6) is 3.39. The summed E-state index contributed by atoms with van der Waals surface area (Å²) < 4.78 is 13.7. The van der Waals surface area contributed by atoms with Gasteiger partial charge in [-0.1, -0.05) is 6.92 Å². The van der Waals surface area contributed by atoms with E-state index in [0.717, 1.165) is 11.8 Å². The standard InChI is InChI=1S/C11H17F/c1-6-8-2-7-3-9(5-8)11(12)10(6)4-7/h6-11H,2-5H2,1H3/t6-,7?,8?,9?,10?,11+/m0/s1. The highest BCUT2D eigenvalue weighted by molar-refractivity contribution is 5.01. The summed E-state index contributed by atoms with van der Waals surface area (Å²) in [6, 6.07) is 0. The van der Waals surface area contributed by atoms with Crippen molar-refractivity contribution >= 4 is 0 Å². The number of rotatable bonds is 0. The van der Waals surface area contributed by atoms with Gasteiger partial charge in [0.1, 0.15) is 6.17 Å². The first-order valence-electron chi connectivity index (χ1n) is 5.39. The molecule has 0 saturated heterocycles. The molecular formula is C11H17F. The molecule has 0 N–H and O–H groups in total. The van der Waals surface area contributed by atoms with Crippen molar-refractivity contribution in [2.24, 2.45) is 29.6 Å². The van der Waals surface area contributed by atoms with E-state index in [1.54, 1.807) is 0 Å². The highest BCUT2D eigenvalue weighted by Crippen LogP contribution is 2.57. The van der Waals surface area contributed by atoms with Crippen LogP contribution >= 0.6 is 0 Å². The van der Waals surface area contributed by atoms with Crippen LogP contribution in [-0.4, -0.2) is 6.17 Å². The third-order valence-electron chi connectivity index (χ3n) is 4.76. The molecule has 0 aromatic heterocycles. The molecule has 12 heavy (non-hydrogen) atoms. The van der Waals surface area contributed by atoms with E-state index in [1.165, 1.54) is 25.7 Å². The summed E-state index contributed by atoms with van der Waals surface area (Å²) in [5.41, 5.74) is 0. The van der Waals surface area contributed by atoms with Gasteiger partial charge < -0.3 is 0 Å². The molecule has 0 aromatic rings. The van der Waals surface area contributed by atoms with Crippen LogP contribution in [0.2, 0.25) is 0 Å². The van der Waals surface area contributed by atoms with Gasteiger partial charge in [-0.25, -0.2) is 4.39 Å². The molecule has 1 heteroatoms. The lowest BCUT2D eigenvalue weighted by Gasteiger charge is -2.55. The third kappa shape index (κ3) is 0.777. The maximum Gasteiger partial charge on any atom is 0.106 e. The van der Waals surface area contributed by atoms with Crippen molar-refractivity contribution in [1.82, 2.24) is 0 Å². The maximum absolute atomic E-state index is 13.7. The molecule has 68 valence electrons. The van der Waals surface area contributed by atoms with Crippen molar-refractivity contribution in [3.63, 3.8) is 0 Å². The summed E-state index contributed by atoms with van der Waals surface area (Å²) in [6.07, 6.45) is 4.60. The first-order valence-corrected chi connectivity index (χ1v) is 5.39. The predicted molar refractivity (Wildman–Crippen MR) is 46.5 cm³/mol. The van der Waals surface area contributed by atoms with Crippen molar-refractivity contribution in [3.8, 4) is 0 Å². The van der Waals surface area contributed by atoms with E-state index in [1.807, 2.05) is 0 Å². The zero-order valence-corrected chi connectivity index (χ0v) is 7.67. The molecule has 0 aliphatic heterocycles. The summed E-state index contributed by atoms with van der Waals surface area (Å²) >= 11 is 0. The first-order chi connectivity index (χ1) is 5.75. The number of hydrogen-bond acceptors (Lipinski definition) is 0. The normalized spacial score (nSPS) is 62.5. The van der Waals surface area contributed by atoms with E-state index in [0.29, 0.717) is 17.8 Å². The van der Waals surface area contributed by atoms with Crippen LogP contribution in [0, 0.1) is 29.6 Å². The van der Waals surface area contributed by atoms with Crippen LogP contribution in [0.3, 0.4) is 0 Å². The van der Waals surface area contributed by atoms with Gasteiger partial charge in [-0.15, -0.1) is 0 Å². The molecule has 0 radical (unpaired) electrons. The smallest absolute Gasteiger partial charge is 0.106 e. The second-order valence-corrected chi connectivity index (χ2v) is 5.30. The molecule has 4 saturated carbocycles. The van der Waals surface area contributed by atoms with E-state index in [2.05, 4.69) is 6.92 Å². The molecule has 0 heterocycles. The Labute approximate surface area is 73.5 Å². The Morgan fingerprint density at radius 3 is 2.58 bits per heavy atom. The molecule has 4 fully saturated rings. The topological polar surface area (TPSA) is 0 Å². The number of alkyl halides is 1. The fourth-order valence-electron chi connectivity index (χ4n) is 4.13. The Morgan fingerprint density at radius 1 is 1.00 bits per heavy atom. The van der Waals surface area contributed by atoms with Crippen LogP contribution in [0.4, 0.5) is 4.39 Å². The monoisotopic (exact) mass is 168 g/mol. The molecule has 4 unspecified atom stereocenters. The van der Waals surface area contributed by atoms with Crippen molar-refractivity contribution in [1.29, 1.82) is 0 Å². The van der Waals surface area contributed by atoms with Gasteiger partial charge in [0.05, 0.1) is 0 Å². The second-order valence-electron chi connectivity index (χ2n) is 5.30. The van der Waals surface area contributed by atoms with Crippen molar-refractivity contribution in [3.05, 3.63) is 0 Å². The molecule has 0 spiro atoms. The summed E-state index contributed by atoms with van der Waals surface area (Å²) in [6.45, 7) is 2.28. The van der Waals surface area contributed by atoms with E-state index < -0.39 is 6.17 Å². The second kappa shape index (κ2) is 2.24. The highest BCUT2D eigenvalue weighted by atomic mass is 19.1. The van der Waals surface area contributed by atoms with Crippen molar-refractivity contribution in [2.75, 3.05) is 0 Å². The predicted octanol–water partition coefficient (Wildman–Crippen LogP) is 3.03. The fraction of sp³-hybridized carbons (Fsp3) is 1.00. The van der Waals surface area contributed by atoms with Crippen LogP contribution in [0.5, 0.6) is 0 Å². The quantitative estimate of drug-likeness (QED) is 0.521. The zero-order valence-electron chi connectivity index (χ0n) is 7.67. The van der Waals surface area contributed by atoms with Crippen LogP contribution < -0.4 is 0 Å². The molecule has 0 amide bonds. The molecule has 0 aromatic carbocycles. The lowest BCUT2D eigenvalue weighted by atomic mass is 9.51. The summed E-state index contributed by atoms with van der Waals surface area (Å²) in [4.78, 5) is 0. The van der Waals surface area contributed by atoms with Gasteiger partial charge in [0, 0.05) is 0 Å². The minimum atomic E-state index is -0.437. The molecule has 0 nitrogen and oxygen atoms in total. The van der Waals surface area contributed by atoms with E-state index in [-0.39, 0.29) is 0 Å². The van der Waals surface area contributed by atoms with Gasteiger partial charge in [-0.05, 0) is 55.3 Å².